The Balaban J connectivity index is 1.97. The minimum Gasteiger partial charge on any atom is -0.0654 e. The van der Waals surface area contributed by atoms with Gasteiger partial charge in [0, 0.05) is 0 Å². The zero-order valence-corrected chi connectivity index (χ0v) is 3.41. The molecular weight excluding hydrogens is 52.0 g/mol. The molecule has 0 N–H and O–H groups in total. The molecular formula is C4H10. The van der Waals surface area contributed by atoms with Crippen LogP contribution < -0.4 is 0 Å². The molecule has 0 bridgehead atoms. The SMILES string of the molecule is [13CH3][13CH2][13CH2][13CH3]. The third-order valence-electron chi connectivity index (χ3n) is 0.500. The Morgan fingerprint density at radius 1 is 1.00 bits per heavy atom. The molecule has 0 aliphatic heterocycles. The number of hydrogen-bond donors (Lipinski definition) is 0. The molecule has 0 atom stereocenters. The Labute approximate surface area is 27.8 Å². The molecule has 0 aliphatic carbocycles. The van der Waals surface area contributed by atoms with Crippen LogP contribution in [-0.4, -0.2) is 0 Å². The van der Waals surface area contributed by atoms with Gasteiger partial charge in [0.05, 0.1) is 0 Å². The molecule has 0 amide bonds. The molecule has 0 heterocycles. The van der Waals surface area contributed by atoms with E-state index in [-0.39, 0.29) is 0 Å². The molecule has 0 aromatic rings. The van der Waals surface area contributed by atoms with Gasteiger partial charge in [-0.2, -0.15) is 0 Å². The van der Waals surface area contributed by atoms with Crippen molar-refractivity contribution in [1.29, 1.82) is 0 Å². The lowest BCUT2D eigenvalue weighted by Gasteiger charge is -1.68. The highest BCUT2D eigenvalue weighted by Gasteiger charge is 1.56. The summed E-state index contributed by atoms with van der Waals surface area (Å²) in [5.41, 5.74) is 0. The van der Waals surface area contributed by atoms with Gasteiger partial charge in [0.25, 0.3) is 0 Å². The third kappa shape index (κ3) is 2.00. The van der Waals surface area contributed by atoms with E-state index in [1.807, 2.05) is 0 Å². The second kappa shape index (κ2) is 3.00. The van der Waals surface area contributed by atoms with Crippen molar-refractivity contribution in [1.82, 2.24) is 0 Å². The van der Waals surface area contributed by atoms with Crippen molar-refractivity contribution in [2.75, 3.05) is 0 Å². The summed E-state index contributed by atoms with van der Waals surface area (Å²) in [5, 5.41) is 0. The van der Waals surface area contributed by atoms with Crippen molar-refractivity contribution >= 4 is 0 Å². The largest absolute Gasteiger partial charge is 0.0654 e. The van der Waals surface area contributed by atoms with Crippen LogP contribution in [0.4, 0.5) is 0 Å². The van der Waals surface area contributed by atoms with Gasteiger partial charge in [0.1, 0.15) is 0 Å². The summed E-state index contributed by atoms with van der Waals surface area (Å²) in [6.45, 7) is 4.36. The number of rotatable bonds is 1. The molecule has 0 saturated carbocycles. The van der Waals surface area contributed by atoms with Gasteiger partial charge < -0.3 is 0 Å². The first-order chi connectivity index (χ1) is 1.91. The van der Waals surface area contributed by atoms with Crippen molar-refractivity contribution in [2.24, 2.45) is 0 Å². The smallest absolute Gasteiger partial charge is 0.0564 e. The van der Waals surface area contributed by atoms with Crippen molar-refractivity contribution < 1.29 is 0 Å². The summed E-state index contributed by atoms with van der Waals surface area (Å²) >= 11 is 0. The molecule has 0 heteroatoms. The molecule has 0 spiro atoms. The summed E-state index contributed by atoms with van der Waals surface area (Å²) < 4.78 is 0. The van der Waals surface area contributed by atoms with Crippen LogP contribution in [0.1, 0.15) is 26.7 Å². The predicted octanol–water partition coefficient (Wildman–Crippen LogP) is 1.81. The molecule has 0 saturated heterocycles. The zero-order chi connectivity index (χ0) is 3.41. The minimum absolute atomic E-state index is 1.32. The lowest BCUT2D eigenvalue weighted by atomic mass is 11.4. The van der Waals surface area contributed by atoms with Crippen molar-refractivity contribution in [3.63, 3.8) is 0 Å². The first kappa shape index (κ1) is 4.00. The van der Waals surface area contributed by atoms with Crippen LogP contribution in [0.2, 0.25) is 0 Å². The van der Waals surface area contributed by atoms with Gasteiger partial charge >= 0.3 is 0 Å². The average Bonchev–Trinajstić information content (AvgIpc) is 1.37. The molecule has 4 heavy (non-hydrogen) atoms. The molecule has 0 rings (SSSR count). The predicted molar refractivity (Wildman–Crippen MR) is 20.6 cm³/mol. The summed E-state index contributed by atoms with van der Waals surface area (Å²) in [6.07, 6.45) is 2.64. The van der Waals surface area contributed by atoms with Gasteiger partial charge in [-0.3, -0.25) is 0 Å². The third-order valence-corrected chi connectivity index (χ3v) is 0.500. The van der Waals surface area contributed by atoms with Gasteiger partial charge in [0.15, 0.2) is 0 Å². The maximum absolute atomic E-state index is 2.18. The Bertz CT molecular complexity index is 2.00. The highest BCUT2D eigenvalue weighted by atomic mass is 14.6. The van der Waals surface area contributed by atoms with Crippen LogP contribution >= 0.6 is 0 Å². The van der Waals surface area contributed by atoms with Crippen molar-refractivity contribution in [2.45, 2.75) is 26.7 Å². The summed E-state index contributed by atoms with van der Waals surface area (Å²) in [7, 11) is 0. The Morgan fingerprint density at radius 3 is 1.25 bits per heavy atom. The van der Waals surface area contributed by atoms with Gasteiger partial charge in [-0.05, 0) is 0 Å². The van der Waals surface area contributed by atoms with E-state index in [4.69, 9.17) is 0 Å². The zero-order valence-electron chi connectivity index (χ0n) is 3.41. The topological polar surface area (TPSA) is 0 Å². The van der Waals surface area contributed by atoms with E-state index in [9.17, 15) is 0 Å². The van der Waals surface area contributed by atoms with E-state index < -0.39 is 0 Å². The molecule has 0 radical (unpaired) electrons. The first-order valence-corrected chi connectivity index (χ1v) is 1.91. The molecule has 0 aromatic heterocycles. The fourth-order valence-corrected chi connectivity index (χ4v) is 0. The van der Waals surface area contributed by atoms with Crippen LogP contribution in [0.25, 0.3) is 0 Å². The Hall–Kier alpha value is 0. The van der Waals surface area contributed by atoms with Gasteiger partial charge in [-0.25, -0.2) is 0 Å². The van der Waals surface area contributed by atoms with E-state index >= 15 is 0 Å². The minimum atomic E-state index is 1.32. The fraction of sp³-hybridized carbons (Fsp3) is 1.00. The number of hydrogen-bond acceptors (Lipinski definition) is 0. The van der Waals surface area contributed by atoms with Crippen LogP contribution in [0.15, 0.2) is 0 Å². The molecule has 0 fully saturated rings. The first-order valence-electron chi connectivity index (χ1n) is 1.91. The van der Waals surface area contributed by atoms with Gasteiger partial charge in [-0.1, -0.05) is 26.7 Å². The fourth-order valence-electron chi connectivity index (χ4n) is 0. The summed E-state index contributed by atoms with van der Waals surface area (Å²) in [6, 6.07) is 0. The maximum atomic E-state index is 2.18. The van der Waals surface area contributed by atoms with Crippen LogP contribution in [-0.2, 0) is 0 Å². The van der Waals surface area contributed by atoms with Crippen LogP contribution in [0.3, 0.4) is 0 Å². The lowest BCUT2D eigenvalue weighted by Crippen LogP contribution is -1.47. The normalized spacial score (nSPS) is 7.50. The molecule has 0 nitrogen and oxygen atoms in total. The van der Waals surface area contributed by atoms with Gasteiger partial charge in [0.2, 0.25) is 0 Å². The highest BCUT2D eigenvalue weighted by molar-refractivity contribution is 4.12. The maximum Gasteiger partial charge on any atom is -0.0564 e. The van der Waals surface area contributed by atoms with Crippen LogP contribution in [0, 0.1) is 0 Å². The monoisotopic (exact) mass is 62.1 g/mol. The van der Waals surface area contributed by atoms with Crippen molar-refractivity contribution in [3.05, 3.63) is 0 Å². The Morgan fingerprint density at radius 2 is 1.25 bits per heavy atom. The summed E-state index contributed by atoms with van der Waals surface area (Å²) in [5.74, 6) is 0. The van der Waals surface area contributed by atoms with E-state index in [1.54, 1.807) is 0 Å². The van der Waals surface area contributed by atoms with E-state index in [0.717, 1.165) is 0 Å². The molecule has 0 aromatic carbocycles. The van der Waals surface area contributed by atoms with Crippen LogP contribution in [0.5, 0.6) is 0 Å². The molecule has 0 aliphatic rings. The van der Waals surface area contributed by atoms with Gasteiger partial charge in [-0.15, -0.1) is 0 Å². The quantitative estimate of drug-likeness (QED) is 0.406. The molecule has 26 valence electrons. The average molecular weight is 62.1 g/mol. The summed E-state index contributed by atoms with van der Waals surface area (Å²) in [4.78, 5) is 0. The number of unbranched alkanes of at least 4 members (excludes halogenated alkanes) is 1. The molecule has 0 unspecified atom stereocenters. The standard InChI is InChI=1S/C4H10/c1-3-4-2/h3-4H2,1-2H3/i1+1,2+1,3+1,4+1. The second-order valence-corrected chi connectivity index (χ2v) is 1.000. The van der Waals surface area contributed by atoms with E-state index in [0.29, 0.717) is 0 Å². The lowest BCUT2D eigenvalue weighted by molar-refractivity contribution is 0.886. The second-order valence-electron chi connectivity index (χ2n) is 1.000. The van der Waals surface area contributed by atoms with Crippen molar-refractivity contribution in [3.8, 4) is 0 Å². The Kier molecular flexibility index (Phi) is 3.00. The van der Waals surface area contributed by atoms with E-state index in [2.05, 4.69) is 13.8 Å². The highest BCUT2D eigenvalue weighted by Crippen LogP contribution is 1.76. The van der Waals surface area contributed by atoms with E-state index in [1.165, 1.54) is 12.8 Å².